The van der Waals surface area contributed by atoms with E-state index < -0.39 is 11.7 Å². The molecule has 0 radical (unpaired) electrons. The van der Waals surface area contributed by atoms with Crippen molar-refractivity contribution in [3.05, 3.63) is 307 Å². The van der Waals surface area contributed by atoms with Gasteiger partial charge in [0.1, 0.15) is 152 Å². The summed E-state index contributed by atoms with van der Waals surface area (Å²) in [7, 11) is 1.65. The standard InChI is InChI=1S/C28H24F3N5O2.C28H27N5O3.C27H24FN5O2.C27H25N5O2/c1-2-4-23(37)35-15-3-5-22(35)27-34-24(25-26(32)33-14-16-36(25)27)19-8-12-21(13-9-19)38-17-18-6-10-20(11-7-18)28(29,30)31;1-3-5-24(34)32-16-4-6-23(32)28-31-25(26-27(29)30-15-17-33(26)28)20-9-13-22(14-10-20)36-18-19-7-11-21(35-2)12-8-19;1-2-4-23(34)32-15-3-5-22(32)27-31-24(25-26(29)30-14-16-33(25)27)19-8-12-21(13-9-19)35-17-18-6-10-20(28)11-7-18;1-2-7-23(33)31-16-6-10-22(31)27-30-24(25-26(28)29-15-17-32(25)27)20-11-13-21(14-12-20)34-18-19-8-4-3-5-9-19/h6-14,16,22H,3,5,15,17H2,1H3,(H2,32,33);7-15,17,23H,4,6,16,18H2,1-2H3,(H2,29,30);6-14,16,22H,3,5,15,17H2,1H3,(H2,29,30);3-5,8-9,11-15,17,22H,6,10,16,18H2,1H3,(H2,28,29)/t22-;23-;2*22-/m0000/s1. The number of methoxy groups -OCH3 is 1. The minimum atomic E-state index is -4.37. The van der Waals surface area contributed by atoms with Gasteiger partial charge in [-0.1, -0.05) is 90.4 Å². The lowest BCUT2D eigenvalue weighted by Gasteiger charge is -2.21. The lowest BCUT2D eigenvalue weighted by Crippen LogP contribution is -2.30. The maximum absolute atomic E-state index is 13.1. The Hall–Kier alpha value is -17.7. The Morgan fingerprint density at radius 2 is 0.587 bits per heavy atom. The van der Waals surface area contributed by atoms with Gasteiger partial charge in [-0.25, -0.2) is 44.3 Å². The van der Waals surface area contributed by atoms with Gasteiger partial charge in [-0.15, -0.1) is 0 Å². The number of imidazole rings is 4. The van der Waals surface area contributed by atoms with Crippen molar-refractivity contribution in [3.63, 3.8) is 0 Å². The number of fused-ring (bicyclic) bond motifs is 4. The molecular formula is C110H100F4N20O9. The van der Waals surface area contributed by atoms with Crippen LogP contribution in [0.2, 0.25) is 0 Å². The number of benzene rings is 8. The predicted octanol–water partition coefficient (Wildman–Crippen LogP) is 18.1. The van der Waals surface area contributed by atoms with Gasteiger partial charge >= 0.3 is 6.18 Å². The highest BCUT2D eigenvalue weighted by atomic mass is 19.4. The van der Waals surface area contributed by atoms with Gasteiger partial charge in [0.15, 0.2) is 0 Å². The summed E-state index contributed by atoms with van der Waals surface area (Å²) >= 11 is 0. The summed E-state index contributed by atoms with van der Waals surface area (Å²) in [5, 5.41) is 0. The van der Waals surface area contributed by atoms with Crippen molar-refractivity contribution in [2.24, 2.45) is 0 Å². The molecule has 16 aromatic rings. The highest BCUT2D eigenvalue weighted by Gasteiger charge is 2.39. The van der Waals surface area contributed by atoms with Crippen molar-refractivity contribution in [2.75, 3.05) is 56.2 Å². The van der Waals surface area contributed by atoms with Crippen LogP contribution in [0.5, 0.6) is 28.7 Å². The molecule has 4 aliphatic heterocycles. The number of anilines is 4. The van der Waals surface area contributed by atoms with Gasteiger partial charge in [-0.2, -0.15) is 13.2 Å². The number of nitrogen functional groups attached to an aromatic ring is 4. The number of ether oxygens (including phenoxy) is 5. The van der Waals surface area contributed by atoms with Crippen molar-refractivity contribution in [1.29, 1.82) is 0 Å². The maximum atomic E-state index is 13.1. The van der Waals surface area contributed by atoms with Crippen LogP contribution in [-0.2, 0) is 51.8 Å². The number of carbonyl (C=O) groups excluding carboxylic acids is 4. The Kier molecular flexibility index (Phi) is 29.8. The zero-order valence-electron chi connectivity index (χ0n) is 78.9. The summed E-state index contributed by atoms with van der Waals surface area (Å²) < 4.78 is 87.8. The second-order valence-corrected chi connectivity index (χ2v) is 33.9. The molecule has 20 rings (SSSR count). The van der Waals surface area contributed by atoms with Crippen LogP contribution in [-0.4, -0.2) is 134 Å². The first-order valence-electron chi connectivity index (χ1n) is 46.5. The Morgan fingerprint density at radius 1 is 0.343 bits per heavy atom. The molecule has 0 bridgehead atoms. The van der Waals surface area contributed by atoms with Crippen molar-refractivity contribution < 1.29 is 60.4 Å². The third-order valence-corrected chi connectivity index (χ3v) is 24.9. The number of likely N-dealkylation sites (tertiary alicyclic amines) is 4. The number of halogens is 4. The number of hydrogen-bond donors (Lipinski definition) is 4. The Bertz CT molecular complexity index is 7610. The van der Waals surface area contributed by atoms with Gasteiger partial charge in [-0.3, -0.25) is 36.8 Å². The van der Waals surface area contributed by atoms with Gasteiger partial charge in [0, 0.05) is 98.0 Å². The fourth-order valence-corrected chi connectivity index (χ4v) is 18.1. The Labute approximate surface area is 821 Å². The first-order valence-corrected chi connectivity index (χ1v) is 46.5. The van der Waals surface area contributed by atoms with Crippen LogP contribution in [0.15, 0.2) is 250 Å². The molecule has 8 aromatic heterocycles. The Morgan fingerprint density at radius 3 is 0.839 bits per heavy atom. The lowest BCUT2D eigenvalue weighted by molar-refractivity contribution is -0.137. The van der Waals surface area contributed by atoms with E-state index in [1.807, 2.05) is 176 Å². The van der Waals surface area contributed by atoms with E-state index in [1.54, 1.807) is 110 Å². The first-order chi connectivity index (χ1) is 69.5. The average molecular weight is 1920 g/mol. The molecular weight excluding hydrogens is 1820 g/mol. The molecule has 143 heavy (non-hydrogen) atoms. The first kappa shape index (κ1) is 96.9. The Balaban J connectivity index is 0.000000131. The molecule has 4 amide bonds. The van der Waals surface area contributed by atoms with Gasteiger partial charge in [-0.05, 0) is 258 Å². The van der Waals surface area contributed by atoms with Crippen LogP contribution in [0, 0.1) is 53.2 Å². The SMILES string of the molecule is CC#CC(=O)N1CCC[C@H]1c1nc(-c2ccc(OCc3ccc(C(F)(F)F)cc3)cc2)c2c(N)nccn12.CC#CC(=O)N1CCC[C@H]1c1nc(-c2ccc(OCc3ccc(F)cc3)cc2)c2c(N)nccn12.CC#CC(=O)N1CCC[C@H]1c1nc(-c2ccc(OCc3ccc(OC)cc3)cc2)c2c(N)nccn12.CC#CC(=O)N1CCC[C@H]1c1nc(-c2ccc(OCc3ccccc3)cc2)c2c(N)nccn12. The molecule has 4 saturated heterocycles. The number of aromatic nitrogens is 12. The number of carbonyl (C=O) groups is 4. The van der Waals surface area contributed by atoms with Crippen LogP contribution < -0.4 is 46.6 Å². The largest absolute Gasteiger partial charge is 0.497 e. The molecule has 0 saturated carbocycles. The number of hydrogen-bond acceptors (Lipinski definition) is 21. The third kappa shape index (κ3) is 21.8. The smallest absolute Gasteiger partial charge is 0.416 e. The van der Waals surface area contributed by atoms with E-state index in [1.165, 1.54) is 24.3 Å². The summed E-state index contributed by atoms with van der Waals surface area (Å²) in [6.07, 6.45) is 16.2. The summed E-state index contributed by atoms with van der Waals surface area (Å²) in [6.45, 7) is 10.6. The summed E-state index contributed by atoms with van der Waals surface area (Å²) in [5.41, 5.74) is 37.1. The molecule has 33 heteroatoms. The van der Waals surface area contributed by atoms with E-state index in [9.17, 15) is 36.7 Å². The zero-order valence-corrected chi connectivity index (χ0v) is 78.9. The summed E-state index contributed by atoms with van der Waals surface area (Å²) in [6, 6.07) is 58.4. The number of nitrogens with zero attached hydrogens (tertiary/aromatic N) is 16. The molecule has 0 aliphatic carbocycles. The van der Waals surface area contributed by atoms with Gasteiger partial charge < -0.3 is 66.2 Å². The van der Waals surface area contributed by atoms with E-state index in [0.717, 1.165) is 160 Å². The monoisotopic (exact) mass is 1920 g/mol. The number of nitrogens with two attached hydrogens (primary N) is 4. The van der Waals surface area contributed by atoms with E-state index >= 15 is 0 Å². The molecule has 4 aliphatic rings. The van der Waals surface area contributed by atoms with Crippen molar-refractivity contribution in [1.82, 2.24) is 77.1 Å². The zero-order chi connectivity index (χ0) is 99.8. The second-order valence-electron chi connectivity index (χ2n) is 33.9. The maximum Gasteiger partial charge on any atom is 0.416 e. The fourth-order valence-electron chi connectivity index (χ4n) is 18.1. The topological polar surface area (TPSA) is 352 Å². The second kappa shape index (κ2) is 44.0. The van der Waals surface area contributed by atoms with Crippen molar-refractivity contribution >= 4 is 69.0 Å². The number of alkyl halides is 3. The van der Waals surface area contributed by atoms with E-state index in [2.05, 4.69) is 67.3 Å². The highest BCUT2D eigenvalue weighted by Crippen LogP contribution is 2.44. The van der Waals surface area contributed by atoms with E-state index in [4.69, 9.17) is 66.6 Å². The number of amides is 4. The molecule has 12 heterocycles. The molecule has 4 atom stereocenters. The molecule has 29 nitrogen and oxygen atoms in total. The lowest BCUT2D eigenvalue weighted by atomic mass is 10.1. The molecule has 8 N–H and O–H groups in total. The fraction of sp³-hybridized carbons (Fsp3) is 0.236. The van der Waals surface area contributed by atoms with Crippen LogP contribution in [0.1, 0.15) is 154 Å². The minimum Gasteiger partial charge on any atom is -0.497 e. The number of rotatable bonds is 21. The molecule has 722 valence electrons. The average Bonchev–Trinajstić information content (AvgIpc) is 1.62. The molecule has 0 unspecified atom stereocenters. The third-order valence-electron chi connectivity index (χ3n) is 24.9. The van der Waals surface area contributed by atoms with Gasteiger partial charge in [0.05, 0.1) is 36.8 Å². The minimum absolute atomic E-state index is 0.123. The summed E-state index contributed by atoms with van der Waals surface area (Å²) in [4.78, 5) is 94.3. The molecule has 4 fully saturated rings. The van der Waals surface area contributed by atoms with E-state index in [0.29, 0.717) is 115 Å². The van der Waals surface area contributed by atoms with Crippen molar-refractivity contribution in [3.8, 4) is 121 Å². The normalized spacial score (nSPS) is 15.2. The molecule has 8 aromatic carbocycles. The van der Waals surface area contributed by atoms with Crippen LogP contribution in [0.3, 0.4) is 0 Å². The predicted molar refractivity (Wildman–Crippen MR) is 535 cm³/mol. The van der Waals surface area contributed by atoms with Crippen LogP contribution in [0.25, 0.3) is 67.1 Å². The van der Waals surface area contributed by atoms with Gasteiger partial charge in [0.2, 0.25) is 0 Å². The quantitative estimate of drug-likeness (QED) is 0.0383. The van der Waals surface area contributed by atoms with Gasteiger partial charge in [0.25, 0.3) is 23.6 Å². The van der Waals surface area contributed by atoms with E-state index in [-0.39, 0.29) is 60.2 Å². The highest BCUT2D eigenvalue weighted by molar-refractivity contribution is 5.97. The van der Waals surface area contributed by atoms with Crippen LogP contribution >= 0.6 is 0 Å². The van der Waals surface area contributed by atoms with Crippen molar-refractivity contribution in [2.45, 2.75) is 136 Å². The van der Waals surface area contributed by atoms with Crippen LogP contribution in [0.4, 0.5) is 40.8 Å². The molecule has 0 spiro atoms. The summed E-state index contributed by atoms with van der Waals surface area (Å²) in [5.74, 6) is 28.3.